The lowest BCUT2D eigenvalue weighted by Gasteiger charge is -2.40. The van der Waals surface area contributed by atoms with Crippen molar-refractivity contribution in [2.75, 3.05) is 6.54 Å². The second-order valence-corrected chi connectivity index (χ2v) is 7.31. The number of nitrogens with zero attached hydrogens (tertiary/aromatic N) is 2. The van der Waals surface area contributed by atoms with Crippen molar-refractivity contribution >= 4 is 11.8 Å². The van der Waals surface area contributed by atoms with Crippen molar-refractivity contribution in [1.82, 2.24) is 10.2 Å². The molecule has 5 nitrogen and oxygen atoms in total. The van der Waals surface area contributed by atoms with Crippen molar-refractivity contribution in [1.29, 1.82) is 5.26 Å². The van der Waals surface area contributed by atoms with Crippen LogP contribution in [0.2, 0.25) is 0 Å². The third kappa shape index (κ3) is 3.77. The van der Waals surface area contributed by atoms with Crippen molar-refractivity contribution in [3.05, 3.63) is 35.4 Å². The number of nitrogens with one attached hydrogen (secondary N) is 1. The molecule has 3 rings (SSSR count). The van der Waals surface area contributed by atoms with E-state index in [9.17, 15) is 22.8 Å². The summed E-state index contributed by atoms with van der Waals surface area (Å²) in [6.45, 7) is 2.10. The van der Waals surface area contributed by atoms with Gasteiger partial charge in [-0.3, -0.25) is 9.59 Å². The molecule has 1 aromatic rings. The largest absolute Gasteiger partial charge is 0.471 e. The molecule has 144 valence electrons. The van der Waals surface area contributed by atoms with E-state index in [-0.39, 0.29) is 18.4 Å². The highest BCUT2D eigenvalue weighted by Gasteiger charge is 2.54. The molecule has 2 fully saturated rings. The summed E-state index contributed by atoms with van der Waals surface area (Å²) in [5.74, 6) is -1.96. The third-order valence-corrected chi connectivity index (χ3v) is 5.46. The van der Waals surface area contributed by atoms with Crippen molar-refractivity contribution in [3.63, 3.8) is 0 Å². The van der Waals surface area contributed by atoms with Crippen LogP contribution in [0.5, 0.6) is 0 Å². The summed E-state index contributed by atoms with van der Waals surface area (Å²) in [7, 11) is 0. The minimum atomic E-state index is -4.90. The Morgan fingerprint density at radius 2 is 1.89 bits per heavy atom. The fourth-order valence-corrected chi connectivity index (χ4v) is 3.76. The van der Waals surface area contributed by atoms with Crippen LogP contribution in [-0.4, -0.2) is 41.5 Å². The molecule has 0 radical (unpaired) electrons. The van der Waals surface area contributed by atoms with Crippen LogP contribution in [0.15, 0.2) is 24.3 Å². The van der Waals surface area contributed by atoms with Crippen LogP contribution >= 0.6 is 0 Å². The summed E-state index contributed by atoms with van der Waals surface area (Å²) in [6, 6.07) is 8.15. The van der Waals surface area contributed by atoms with E-state index in [1.165, 1.54) is 0 Å². The molecular weight excluding hydrogens is 359 g/mol. The van der Waals surface area contributed by atoms with Gasteiger partial charge in [-0.1, -0.05) is 12.1 Å². The van der Waals surface area contributed by atoms with E-state index in [2.05, 4.69) is 0 Å². The molecular formula is C19H20F3N3O2. The van der Waals surface area contributed by atoms with Gasteiger partial charge in [-0.25, -0.2) is 0 Å². The van der Waals surface area contributed by atoms with Gasteiger partial charge in [-0.2, -0.15) is 18.4 Å². The van der Waals surface area contributed by atoms with Crippen LogP contribution in [0.3, 0.4) is 0 Å². The van der Waals surface area contributed by atoms with Gasteiger partial charge in [0.1, 0.15) is 0 Å². The van der Waals surface area contributed by atoms with Crippen molar-refractivity contribution in [3.8, 4) is 6.07 Å². The van der Waals surface area contributed by atoms with Gasteiger partial charge >= 0.3 is 12.1 Å². The second kappa shape index (κ2) is 6.87. The number of piperidine rings is 1. The van der Waals surface area contributed by atoms with E-state index in [1.54, 1.807) is 36.1 Å². The molecule has 1 saturated carbocycles. The first kappa shape index (κ1) is 19.2. The molecule has 0 spiro atoms. The Kier molecular flexibility index (Phi) is 4.89. The summed E-state index contributed by atoms with van der Waals surface area (Å²) >= 11 is 0. The molecule has 2 aliphatic rings. The zero-order chi connectivity index (χ0) is 19.8. The predicted molar refractivity (Wildman–Crippen MR) is 90.5 cm³/mol. The van der Waals surface area contributed by atoms with Gasteiger partial charge in [0.2, 0.25) is 5.91 Å². The van der Waals surface area contributed by atoms with Crippen molar-refractivity contribution in [2.45, 2.75) is 56.3 Å². The number of hydrogen-bond acceptors (Lipinski definition) is 3. The van der Waals surface area contributed by atoms with E-state index in [0.717, 1.165) is 18.4 Å². The van der Waals surface area contributed by atoms with Crippen molar-refractivity contribution in [2.24, 2.45) is 0 Å². The number of hydrogen-bond donors (Lipinski definition) is 1. The first-order valence-electron chi connectivity index (χ1n) is 8.87. The summed E-state index contributed by atoms with van der Waals surface area (Å²) in [4.78, 5) is 26.0. The fraction of sp³-hybridized carbons (Fsp3) is 0.526. The first-order chi connectivity index (χ1) is 12.7. The first-order valence-corrected chi connectivity index (χ1v) is 8.87. The lowest BCUT2D eigenvalue weighted by atomic mass is 9.90. The molecule has 2 amide bonds. The zero-order valence-electron chi connectivity index (χ0n) is 14.8. The highest BCUT2D eigenvalue weighted by molar-refractivity contribution is 5.91. The minimum Gasteiger partial charge on any atom is -0.345 e. The Balaban J connectivity index is 1.66. The number of carbonyl (C=O) groups is 2. The van der Waals surface area contributed by atoms with Gasteiger partial charge < -0.3 is 10.2 Å². The van der Waals surface area contributed by atoms with Crippen LogP contribution in [0.1, 0.15) is 43.7 Å². The maximum Gasteiger partial charge on any atom is 0.471 e. The number of nitriles is 1. The quantitative estimate of drug-likeness (QED) is 0.878. The van der Waals surface area contributed by atoms with E-state index < -0.39 is 23.5 Å². The van der Waals surface area contributed by atoms with Crippen molar-refractivity contribution < 1.29 is 22.8 Å². The molecule has 1 aliphatic heterocycles. The van der Waals surface area contributed by atoms with Crippen LogP contribution in [0.4, 0.5) is 13.2 Å². The fourth-order valence-electron chi connectivity index (χ4n) is 3.76. The van der Waals surface area contributed by atoms with Crippen LogP contribution in [-0.2, 0) is 15.0 Å². The third-order valence-electron chi connectivity index (χ3n) is 5.46. The molecule has 0 bridgehead atoms. The van der Waals surface area contributed by atoms with Gasteiger partial charge in [0.25, 0.3) is 0 Å². The summed E-state index contributed by atoms with van der Waals surface area (Å²) in [5, 5.41) is 10.9. The number of amides is 2. The van der Waals surface area contributed by atoms with Gasteiger partial charge in [-0.15, -0.1) is 0 Å². The molecule has 1 aromatic carbocycles. The SMILES string of the molecule is C[C@@H]1C[C@H](NC(=O)C(F)(F)F)CCN1C(=O)C1(c2ccc(C#N)cc2)CC1. The normalized spacial score (nSPS) is 24.0. The Bertz CT molecular complexity index is 779. The lowest BCUT2D eigenvalue weighted by Crippen LogP contribution is -2.54. The highest BCUT2D eigenvalue weighted by Crippen LogP contribution is 2.50. The minimum absolute atomic E-state index is 0.0275. The smallest absolute Gasteiger partial charge is 0.345 e. The summed E-state index contributed by atoms with van der Waals surface area (Å²) < 4.78 is 37.2. The van der Waals surface area contributed by atoms with Gasteiger partial charge in [0.15, 0.2) is 0 Å². The zero-order valence-corrected chi connectivity index (χ0v) is 14.8. The molecule has 1 saturated heterocycles. The van der Waals surface area contributed by atoms with Gasteiger partial charge in [0, 0.05) is 18.6 Å². The predicted octanol–water partition coefficient (Wildman–Crippen LogP) is 2.65. The Morgan fingerprint density at radius 1 is 1.26 bits per heavy atom. The highest BCUT2D eigenvalue weighted by atomic mass is 19.4. The Hall–Kier alpha value is -2.56. The standard InChI is InChI=1S/C19H20F3N3O2/c1-12-10-15(24-16(26)19(20,21)22)6-9-25(12)17(27)18(7-8-18)14-4-2-13(11-23)3-5-14/h2-5,12,15H,6-10H2,1H3,(H,24,26)/t12-,15-/m1/s1. The average Bonchev–Trinajstić information content (AvgIpc) is 3.42. The molecule has 1 aliphatic carbocycles. The number of alkyl halides is 3. The number of benzene rings is 1. The maximum absolute atomic E-state index is 13.1. The van der Waals surface area contributed by atoms with E-state index in [1.807, 2.05) is 11.4 Å². The molecule has 8 heteroatoms. The topological polar surface area (TPSA) is 73.2 Å². The monoisotopic (exact) mass is 379 g/mol. The number of halogens is 3. The average molecular weight is 379 g/mol. The summed E-state index contributed by atoms with van der Waals surface area (Å²) in [5.41, 5.74) is 0.799. The van der Waals surface area contributed by atoms with Gasteiger partial charge in [0.05, 0.1) is 17.0 Å². The van der Waals surface area contributed by atoms with Crippen LogP contribution < -0.4 is 5.32 Å². The molecule has 1 heterocycles. The summed E-state index contributed by atoms with van der Waals surface area (Å²) in [6.07, 6.45) is -2.88. The van der Waals surface area contributed by atoms with Crippen LogP contribution in [0, 0.1) is 11.3 Å². The number of carbonyl (C=O) groups excluding carboxylic acids is 2. The second-order valence-electron chi connectivity index (χ2n) is 7.31. The number of rotatable bonds is 3. The van der Waals surface area contributed by atoms with E-state index in [4.69, 9.17) is 5.26 Å². The molecule has 2 atom stereocenters. The lowest BCUT2D eigenvalue weighted by molar-refractivity contribution is -0.174. The van der Waals surface area contributed by atoms with Crippen LogP contribution in [0.25, 0.3) is 0 Å². The Morgan fingerprint density at radius 3 is 2.37 bits per heavy atom. The molecule has 1 N–H and O–H groups in total. The van der Waals surface area contributed by atoms with E-state index in [0.29, 0.717) is 18.5 Å². The Labute approximate surface area is 155 Å². The molecule has 27 heavy (non-hydrogen) atoms. The number of likely N-dealkylation sites (tertiary alicyclic amines) is 1. The molecule has 0 aromatic heterocycles. The van der Waals surface area contributed by atoms with Gasteiger partial charge in [-0.05, 0) is 50.3 Å². The molecule has 0 unspecified atom stereocenters. The maximum atomic E-state index is 13.1. The van der Waals surface area contributed by atoms with E-state index >= 15 is 0 Å².